The van der Waals surface area contributed by atoms with Gasteiger partial charge in [-0.3, -0.25) is 9.59 Å². The van der Waals surface area contributed by atoms with Crippen LogP contribution >= 0.6 is 11.3 Å². The van der Waals surface area contributed by atoms with Crippen molar-refractivity contribution >= 4 is 28.3 Å². The molecule has 0 aliphatic rings. The van der Waals surface area contributed by atoms with Crippen molar-refractivity contribution in [2.45, 2.75) is 26.3 Å². The Kier molecular flexibility index (Phi) is 7.16. The third kappa shape index (κ3) is 6.30. The number of aromatic nitrogens is 5. The first-order valence-electron chi connectivity index (χ1n) is 10.5. The number of nitrogens with zero attached hydrogens (tertiary/aromatic N) is 5. The topological polar surface area (TPSA) is 115 Å². The van der Waals surface area contributed by atoms with Gasteiger partial charge < -0.3 is 10.6 Å². The van der Waals surface area contributed by atoms with Gasteiger partial charge in [0.1, 0.15) is 6.54 Å². The van der Waals surface area contributed by atoms with Gasteiger partial charge in [-0.05, 0) is 23.6 Å². The second-order valence-electron chi connectivity index (χ2n) is 7.38. The molecule has 33 heavy (non-hydrogen) atoms. The number of thiazole rings is 1. The number of aryl methyl sites for hydroxylation is 1. The SMILES string of the molecule is CC(=O)NCCCc1ccc(-c2csc(NC(=O)Cn3nnc(-c4ccccc4)n3)n2)cc1. The second-order valence-corrected chi connectivity index (χ2v) is 8.24. The van der Waals surface area contributed by atoms with E-state index in [4.69, 9.17) is 0 Å². The summed E-state index contributed by atoms with van der Waals surface area (Å²) in [5, 5.41) is 20.2. The maximum atomic E-state index is 12.4. The minimum Gasteiger partial charge on any atom is -0.356 e. The molecule has 0 atom stereocenters. The average Bonchev–Trinajstić information content (AvgIpc) is 3.47. The smallest absolute Gasteiger partial charge is 0.249 e. The van der Waals surface area contributed by atoms with Crippen LogP contribution in [-0.4, -0.2) is 43.6 Å². The van der Waals surface area contributed by atoms with E-state index in [1.807, 2.05) is 47.8 Å². The number of nitrogens with one attached hydrogen (secondary N) is 2. The number of carbonyl (C=O) groups is 2. The number of rotatable bonds is 9. The number of benzene rings is 2. The predicted molar refractivity (Wildman–Crippen MR) is 126 cm³/mol. The van der Waals surface area contributed by atoms with Crippen LogP contribution in [0.3, 0.4) is 0 Å². The Morgan fingerprint density at radius 3 is 2.58 bits per heavy atom. The lowest BCUT2D eigenvalue weighted by Crippen LogP contribution is -2.21. The molecule has 2 amide bonds. The van der Waals surface area contributed by atoms with E-state index in [1.54, 1.807) is 0 Å². The Morgan fingerprint density at radius 1 is 1.03 bits per heavy atom. The van der Waals surface area contributed by atoms with E-state index in [0.29, 0.717) is 17.5 Å². The average molecular weight is 462 g/mol. The van der Waals surface area contributed by atoms with E-state index < -0.39 is 0 Å². The lowest BCUT2D eigenvalue weighted by atomic mass is 10.1. The first-order valence-corrected chi connectivity index (χ1v) is 11.4. The molecule has 4 aromatic rings. The highest BCUT2D eigenvalue weighted by molar-refractivity contribution is 7.14. The Labute approximate surface area is 194 Å². The first-order chi connectivity index (χ1) is 16.1. The first kappa shape index (κ1) is 22.3. The molecule has 0 bridgehead atoms. The van der Waals surface area contributed by atoms with Gasteiger partial charge in [0.2, 0.25) is 17.6 Å². The van der Waals surface area contributed by atoms with Gasteiger partial charge in [-0.15, -0.1) is 21.5 Å². The summed E-state index contributed by atoms with van der Waals surface area (Å²) >= 11 is 1.36. The molecule has 10 heteroatoms. The highest BCUT2D eigenvalue weighted by Gasteiger charge is 2.12. The standard InChI is InChI=1S/C23H23N7O2S/c1-16(31)24-13-5-6-17-9-11-18(12-10-17)20-15-33-23(25-20)26-21(32)14-30-28-22(27-29-30)19-7-3-2-4-8-19/h2-4,7-12,15H,5-6,13-14H2,1H3,(H,24,31)(H,25,26,32). The summed E-state index contributed by atoms with van der Waals surface area (Å²) in [6, 6.07) is 17.6. The van der Waals surface area contributed by atoms with Gasteiger partial charge in [-0.25, -0.2) is 4.98 Å². The Morgan fingerprint density at radius 2 is 1.82 bits per heavy atom. The summed E-state index contributed by atoms with van der Waals surface area (Å²) in [6.45, 7) is 2.14. The number of tetrazole rings is 1. The number of carbonyl (C=O) groups excluding carboxylic acids is 2. The zero-order chi connectivity index (χ0) is 23.0. The van der Waals surface area contributed by atoms with Crippen LogP contribution in [0.2, 0.25) is 0 Å². The molecular formula is C23H23N7O2S. The van der Waals surface area contributed by atoms with Crippen LogP contribution in [0.5, 0.6) is 0 Å². The molecule has 2 aromatic heterocycles. The third-order valence-corrected chi connectivity index (χ3v) is 5.54. The van der Waals surface area contributed by atoms with Gasteiger partial charge in [-0.2, -0.15) is 4.80 Å². The van der Waals surface area contributed by atoms with Crippen molar-refractivity contribution in [3.8, 4) is 22.6 Å². The number of anilines is 1. The molecule has 0 spiro atoms. The van der Waals surface area contributed by atoms with Crippen LogP contribution in [0.25, 0.3) is 22.6 Å². The van der Waals surface area contributed by atoms with Gasteiger partial charge in [0, 0.05) is 30.0 Å². The van der Waals surface area contributed by atoms with Crippen LogP contribution in [0.15, 0.2) is 60.0 Å². The maximum absolute atomic E-state index is 12.4. The fourth-order valence-corrected chi connectivity index (χ4v) is 3.90. The van der Waals surface area contributed by atoms with Crippen molar-refractivity contribution < 1.29 is 9.59 Å². The zero-order valence-corrected chi connectivity index (χ0v) is 18.9. The largest absolute Gasteiger partial charge is 0.356 e. The Balaban J connectivity index is 1.30. The van der Waals surface area contributed by atoms with E-state index >= 15 is 0 Å². The fourth-order valence-electron chi connectivity index (χ4n) is 3.16. The minimum atomic E-state index is -0.276. The molecule has 4 rings (SSSR count). The van der Waals surface area contributed by atoms with Crippen LogP contribution in [0.4, 0.5) is 5.13 Å². The van der Waals surface area contributed by atoms with Gasteiger partial charge in [-0.1, -0.05) is 54.6 Å². The lowest BCUT2D eigenvalue weighted by Gasteiger charge is -2.04. The van der Waals surface area contributed by atoms with Gasteiger partial charge in [0.15, 0.2) is 5.13 Å². The number of hydrogen-bond donors (Lipinski definition) is 2. The summed E-state index contributed by atoms with van der Waals surface area (Å²) in [5.74, 6) is 0.187. The lowest BCUT2D eigenvalue weighted by molar-refractivity contribution is -0.119. The summed E-state index contributed by atoms with van der Waals surface area (Å²) in [6.07, 6.45) is 1.78. The highest BCUT2D eigenvalue weighted by Crippen LogP contribution is 2.25. The van der Waals surface area contributed by atoms with E-state index in [9.17, 15) is 9.59 Å². The monoisotopic (exact) mass is 461 g/mol. The van der Waals surface area contributed by atoms with Crippen LogP contribution < -0.4 is 10.6 Å². The molecule has 2 aromatic carbocycles. The van der Waals surface area contributed by atoms with E-state index in [2.05, 4.69) is 43.2 Å². The van der Waals surface area contributed by atoms with E-state index in [0.717, 1.165) is 29.7 Å². The molecule has 0 saturated heterocycles. The predicted octanol–water partition coefficient (Wildman–Crippen LogP) is 3.17. The van der Waals surface area contributed by atoms with E-state index in [-0.39, 0.29) is 18.4 Å². The van der Waals surface area contributed by atoms with Gasteiger partial charge in [0.05, 0.1) is 5.69 Å². The van der Waals surface area contributed by atoms with Gasteiger partial charge >= 0.3 is 0 Å². The van der Waals surface area contributed by atoms with Gasteiger partial charge in [0.25, 0.3) is 0 Å². The molecule has 2 heterocycles. The Bertz CT molecular complexity index is 1220. The summed E-state index contributed by atoms with van der Waals surface area (Å²) in [5.41, 5.74) is 3.81. The van der Waals surface area contributed by atoms with Crippen molar-refractivity contribution in [1.82, 2.24) is 30.5 Å². The van der Waals surface area contributed by atoms with Crippen molar-refractivity contribution in [2.75, 3.05) is 11.9 Å². The molecule has 0 saturated carbocycles. The van der Waals surface area contributed by atoms with Crippen molar-refractivity contribution in [1.29, 1.82) is 0 Å². The van der Waals surface area contributed by atoms with Crippen LogP contribution in [-0.2, 0) is 22.6 Å². The summed E-state index contributed by atoms with van der Waals surface area (Å²) < 4.78 is 0. The molecule has 2 N–H and O–H groups in total. The Hall–Kier alpha value is -3.92. The highest BCUT2D eigenvalue weighted by atomic mass is 32.1. The molecule has 0 aliphatic carbocycles. The molecule has 0 radical (unpaired) electrons. The maximum Gasteiger partial charge on any atom is 0.249 e. The molecule has 0 aliphatic heterocycles. The van der Waals surface area contributed by atoms with Crippen molar-refractivity contribution in [3.05, 3.63) is 65.5 Å². The molecule has 168 valence electrons. The van der Waals surface area contributed by atoms with Crippen LogP contribution in [0, 0.1) is 0 Å². The molecule has 0 fully saturated rings. The number of hydrogen-bond acceptors (Lipinski definition) is 7. The molecule has 0 unspecified atom stereocenters. The van der Waals surface area contributed by atoms with Crippen molar-refractivity contribution in [2.24, 2.45) is 0 Å². The zero-order valence-electron chi connectivity index (χ0n) is 18.1. The second kappa shape index (κ2) is 10.6. The minimum absolute atomic E-state index is 0.00809. The van der Waals surface area contributed by atoms with E-state index in [1.165, 1.54) is 28.6 Å². The normalized spacial score (nSPS) is 10.7. The quantitative estimate of drug-likeness (QED) is 0.370. The van der Waals surface area contributed by atoms with Crippen molar-refractivity contribution in [3.63, 3.8) is 0 Å². The third-order valence-electron chi connectivity index (χ3n) is 4.79. The molecular weight excluding hydrogens is 438 g/mol. The summed E-state index contributed by atoms with van der Waals surface area (Å²) in [7, 11) is 0. The van der Waals surface area contributed by atoms with Crippen LogP contribution in [0.1, 0.15) is 18.9 Å². The summed E-state index contributed by atoms with van der Waals surface area (Å²) in [4.78, 5) is 29.1. The molecule has 9 nitrogen and oxygen atoms in total. The fraction of sp³-hybridized carbons (Fsp3) is 0.217. The number of amides is 2.